The van der Waals surface area contributed by atoms with Crippen LogP contribution in [-0.2, 0) is 17.8 Å². The van der Waals surface area contributed by atoms with Gasteiger partial charge in [0.1, 0.15) is 18.6 Å². The van der Waals surface area contributed by atoms with Gasteiger partial charge in [0.15, 0.2) is 0 Å². The van der Waals surface area contributed by atoms with Crippen LogP contribution in [0.5, 0.6) is 0 Å². The van der Waals surface area contributed by atoms with Crippen LogP contribution < -0.4 is 0 Å². The number of carbonyl (C=O) groups is 2. The first kappa shape index (κ1) is 15.5. The summed E-state index contributed by atoms with van der Waals surface area (Å²) in [5, 5.41) is 9.71. The highest BCUT2D eigenvalue weighted by Crippen LogP contribution is 2.38. The monoisotopic (exact) mass is 292 g/mol. The predicted molar refractivity (Wildman–Crippen MR) is 77.8 cm³/mol. The lowest BCUT2D eigenvalue weighted by molar-refractivity contribution is -0.922. The largest absolute Gasteiger partial charge is 0.514 e. The maximum absolute atomic E-state index is 11.8. The second kappa shape index (κ2) is 5.15. The van der Waals surface area contributed by atoms with Gasteiger partial charge in [0.05, 0.1) is 12.2 Å². The molecule has 5 nitrogen and oxygen atoms in total. The Hall–Kier alpha value is -1.88. The smallest absolute Gasteiger partial charge is 0.462 e. The van der Waals surface area contributed by atoms with Gasteiger partial charge in [-0.05, 0) is 39.8 Å². The zero-order chi connectivity index (χ0) is 15.8. The van der Waals surface area contributed by atoms with Gasteiger partial charge < -0.3 is 9.84 Å². The maximum Gasteiger partial charge on any atom is 0.514 e. The number of ether oxygens (including phenoxy) is 1. The average Bonchev–Trinajstić information content (AvgIpc) is 2.78. The molecule has 1 aliphatic heterocycles. The lowest BCUT2D eigenvalue weighted by Gasteiger charge is -2.40. The van der Waals surface area contributed by atoms with Crippen LogP contribution in [0.15, 0.2) is 18.2 Å². The van der Waals surface area contributed by atoms with E-state index >= 15 is 0 Å². The number of hydrogen-bond acceptors (Lipinski definition) is 3. The number of fused-ring (bicyclic) bond motifs is 1. The van der Waals surface area contributed by atoms with Gasteiger partial charge in [0, 0.05) is 11.1 Å². The lowest BCUT2D eigenvalue weighted by Crippen LogP contribution is -2.59. The molecule has 2 rings (SSSR count). The molecule has 5 heteroatoms. The molecule has 0 aromatic heterocycles. The molecule has 1 aromatic rings. The molecule has 0 saturated heterocycles. The first-order valence-electron chi connectivity index (χ1n) is 7.11. The molecule has 1 amide bonds. The lowest BCUT2D eigenvalue weighted by atomic mass is 10.0. The number of nitrogens with zero attached hydrogens (tertiary/aromatic N) is 1. The van der Waals surface area contributed by atoms with E-state index < -0.39 is 11.6 Å². The third-order valence-corrected chi connectivity index (χ3v) is 4.25. The van der Waals surface area contributed by atoms with Crippen LogP contribution in [0.4, 0.5) is 4.79 Å². The summed E-state index contributed by atoms with van der Waals surface area (Å²) >= 11 is 0. The Kier molecular flexibility index (Phi) is 3.80. The zero-order valence-electron chi connectivity index (χ0n) is 13.0. The van der Waals surface area contributed by atoms with Crippen LogP contribution in [0.2, 0.25) is 0 Å². The number of quaternary nitrogens is 1. The second-order valence-corrected chi connectivity index (χ2v) is 6.44. The van der Waals surface area contributed by atoms with Crippen molar-refractivity contribution in [2.75, 3.05) is 6.61 Å². The van der Waals surface area contributed by atoms with Crippen LogP contribution in [-0.4, -0.2) is 33.8 Å². The van der Waals surface area contributed by atoms with E-state index in [2.05, 4.69) is 0 Å². The summed E-state index contributed by atoms with van der Waals surface area (Å²) in [5.41, 5.74) is 1.96. The predicted octanol–water partition coefficient (Wildman–Crippen LogP) is 3.17. The summed E-state index contributed by atoms with van der Waals surface area (Å²) in [6.07, 6.45) is -0.837. The van der Waals surface area contributed by atoms with Crippen molar-refractivity contribution in [1.29, 1.82) is 0 Å². The van der Waals surface area contributed by atoms with E-state index in [-0.39, 0.29) is 10.5 Å². The van der Waals surface area contributed by atoms with E-state index in [1.165, 1.54) is 0 Å². The molecule has 0 fully saturated rings. The number of hydrogen-bond donors (Lipinski definition) is 1. The third-order valence-electron chi connectivity index (χ3n) is 4.25. The third kappa shape index (κ3) is 2.53. The fourth-order valence-corrected chi connectivity index (χ4v) is 2.80. The first-order valence-corrected chi connectivity index (χ1v) is 7.11. The highest BCUT2D eigenvalue weighted by Gasteiger charge is 2.52. The molecule has 1 aliphatic rings. The van der Waals surface area contributed by atoms with Gasteiger partial charge in [-0.3, -0.25) is 0 Å². The van der Waals surface area contributed by atoms with Crippen LogP contribution in [0.25, 0.3) is 0 Å². The summed E-state index contributed by atoms with van der Waals surface area (Å²) < 4.78 is 4.95. The number of carbonyl (C=O) groups excluding carboxylic acids is 1. The molecule has 0 radical (unpaired) electrons. The maximum atomic E-state index is 11.8. The molecule has 0 bridgehead atoms. The fraction of sp³-hybridized carbons (Fsp3) is 0.500. The van der Waals surface area contributed by atoms with E-state index in [4.69, 9.17) is 4.74 Å². The average molecular weight is 292 g/mol. The Bertz CT molecular complexity index is 588. The Morgan fingerprint density at radius 1 is 1.24 bits per heavy atom. The number of amides is 1. The molecule has 1 heterocycles. The minimum atomic E-state index is -0.837. The summed E-state index contributed by atoms with van der Waals surface area (Å²) in [6, 6.07) is 5.32. The molecule has 1 unspecified atom stereocenters. The van der Waals surface area contributed by atoms with Crippen molar-refractivity contribution in [3.05, 3.63) is 34.9 Å². The Balaban J connectivity index is 2.38. The van der Waals surface area contributed by atoms with E-state index in [0.29, 0.717) is 25.3 Å². The fourth-order valence-electron chi connectivity index (χ4n) is 2.80. The number of rotatable bonds is 2. The minimum Gasteiger partial charge on any atom is -0.462 e. The van der Waals surface area contributed by atoms with Gasteiger partial charge in [-0.1, -0.05) is 6.07 Å². The highest BCUT2D eigenvalue weighted by atomic mass is 16.5. The summed E-state index contributed by atoms with van der Waals surface area (Å²) in [5.74, 6) is -0.364. The number of benzene rings is 1. The van der Waals surface area contributed by atoms with Crippen molar-refractivity contribution in [1.82, 2.24) is 0 Å². The quantitative estimate of drug-likeness (QED) is 0.671. The topological polar surface area (TPSA) is 63.6 Å². The highest BCUT2D eigenvalue weighted by molar-refractivity contribution is 5.89. The van der Waals surface area contributed by atoms with E-state index in [1.807, 2.05) is 26.8 Å². The molecule has 0 saturated carbocycles. The number of carboxylic acid groups (broad SMARTS) is 1. The molecular formula is C16H22NO4+. The normalized spacial score (nSPS) is 21.0. The molecule has 21 heavy (non-hydrogen) atoms. The van der Waals surface area contributed by atoms with Crippen molar-refractivity contribution in [2.24, 2.45) is 0 Å². The van der Waals surface area contributed by atoms with Gasteiger partial charge in [0.25, 0.3) is 0 Å². The van der Waals surface area contributed by atoms with Gasteiger partial charge in [-0.15, -0.1) is 0 Å². The zero-order valence-corrected chi connectivity index (χ0v) is 13.0. The van der Waals surface area contributed by atoms with Crippen molar-refractivity contribution >= 4 is 12.1 Å². The molecule has 1 atom stereocenters. The van der Waals surface area contributed by atoms with E-state index in [1.54, 1.807) is 19.1 Å². The molecule has 1 aromatic carbocycles. The molecule has 1 N–H and O–H groups in total. The Morgan fingerprint density at radius 2 is 1.86 bits per heavy atom. The second-order valence-electron chi connectivity index (χ2n) is 6.44. The van der Waals surface area contributed by atoms with Crippen LogP contribution in [0.1, 0.15) is 49.2 Å². The Morgan fingerprint density at radius 3 is 2.38 bits per heavy atom. The molecular weight excluding hydrogens is 270 g/mol. The van der Waals surface area contributed by atoms with Crippen LogP contribution in [0, 0.1) is 0 Å². The van der Waals surface area contributed by atoms with Gasteiger partial charge in [-0.25, -0.2) is 9.28 Å². The summed E-state index contributed by atoms with van der Waals surface area (Å²) in [7, 11) is 0. The van der Waals surface area contributed by atoms with Crippen LogP contribution in [0.3, 0.4) is 0 Å². The molecule has 114 valence electrons. The summed E-state index contributed by atoms with van der Waals surface area (Å²) in [4.78, 5) is 23.6. The van der Waals surface area contributed by atoms with Crippen molar-refractivity contribution < 1.29 is 23.9 Å². The number of esters is 1. The molecule has 0 aliphatic carbocycles. The van der Waals surface area contributed by atoms with E-state index in [0.717, 1.165) is 11.1 Å². The van der Waals surface area contributed by atoms with Crippen molar-refractivity contribution in [3.8, 4) is 0 Å². The van der Waals surface area contributed by atoms with Gasteiger partial charge in [-0.2, -0.15) is 4.79 Å². The standard InChI is InChI=1S/C16H21NO4/c1-5-21-14(18)11-6-7-12-9-17(15(19)20,16(2,3)4)10-13(12)8-11/h6-8H,5,9-10H2,1-4H3/p+1. The van der Waals surface area contributed by atoms with Crippen LogP contribution >= 0.6 is 0 Å². The minimum absolute atomic E-state index is 0.0470. The Labute approximate surface area is 124 Å². The van der Waals surface area contributed by atoms with Crippen molar-refractivity contribution in [2.45, 2.75) is 46.3 Å². The van der Waals surface area contributed by atoms with Crippen molar-refractivity contribution in [3.63, 3.8) is 0 Å². The van der Waals surface area contributed by atoms with Gasteiger partial charge >= 0.3 is 12.1 Å². The summed E-state index contributed by atoms with van der Waals surface area (Å²) in [6.45, 7) is 8.71. The van der Waals surface area contributed by atoms with E-state index in [9.17, 15) is 14.7 Å². The van der Waals surface area contributed by atoms with Gasteiger partial charge in [0.2, 0.25) is 0 Å². The first-order chi connectivity index (χ1) is 9.71. The molecule has 0 spiro atoms. The SMILES string of the molecule is CCOC(=O)c1ccc2c(c1)C[N+](C(=O)O)(C(C)(C)C)C2.